The van der Waals surface area contributed by atoms with Gasteiger partial charge in [0.05, 0.1) is 0 Å². The second kappa shape index (κ2) is 5.05. The quantitative estimate of drug-likeness (QED) is 0.856. The summed E-state index contributed by atoms with van der Waals surface area (Å²) < 4.78 is 0. The number of nitrogens with zero attached hydrogens (tertiary/aromatic N) is 1. The highest BCUT2D eigenvalue weighted by atomic mass is 16.2. The second-order valence-corrected chi connectivity index (χ2v) is 7.20. The molecule has 0 radical (unpaired) electrons. The SMILES string of the molecule is CC(C)C1C(=O)NC2(CCCC2)C(=O)N1CCC1CC1. The van der Waals surface area contributed by atoms with Crippen molar-refractivity contribution in [3.05, 3.63) is 0 Å². The Morgan fingerprint density at radius 3 is 2.45 bits per heavy atom. The topological polar surface area (TPSA) is 49.4 Å². The predicted molar refractivity (Wildman–Crippen MR) is 77.0 cm³/mol. The lowest BCUT2D eigenvalue weighted by atomic mass is 9.87. The van der Waals surface area contributed by atoms with Gasteiger partial charge >= 0.3 is 0 Å². The zero-order valence-corrected chi connectivity index (χ0v) is 12.7. The molecule has 1 aliphatic heterocycles. The highest BCUT2D eigenvalue weighted by molar-refractivity contribution is 6.00. The molecular weight excluding hydrogens is 252 g/mol. The highest BCUT2D eigenvalue weighted by Gasteiger charge is 2.52. The molecule has 2 aliphatic carbocycles. The van der Waals surface area contributed by atoms with Gasteiger partial charge in [0.15, 0.2) is 0 Å². The van der Waals surface area contributed by atoms with Gasteiger partial charge in [-0.05, 0) is 31.1 Å². The van der Waals surface area contributed by atoms with Crippen LogP contribution in [0.15, 0.2) is 0 Å². The molecule has 1 N–H and O–H groups in total. The van der Waals surface area contributed by atoms with E-state index in [1.54, 1.807) is 0 Å². The third-order valence-electron chi connectivity index (χ3n) is 5.20. The Morgan fingerprint density at radius 2 is 1.90 bits per heavy atom. The molecule has 0 aromatic heterocycles. The monoisotopic (exact) mass is 278 g/mol. The first-order valence-electron chi connectivity index (χ1n) is 8.16. The average molecular weight is 278 g/mol. The van der Waals surface area contributed by atoms with Crippen LogP contribution in [0.2, 0.25) is 0 Å². The van der Waals surface area contributed by atoms with Crippen molar-refractivity contribution < 1.29 is 9.59 Å². The van der Waals surface area contributed by atoms with Crippen LogP contribution in [0.25, 0.3) is 0 Å². The molecule has 0 aromatic rings. The smallest absolute Gasteiger partial charge is 0.249 e. The first-order chi connectivity index (χ1) is 9.53. The summed E-state index contributed by atoms with van der Waals surface area (Å²) in [4.78, 5) is 27.4. The number of hydrogen-bond donors (Lipinski definition) is 1. The first-order valence-corrected chi connectivity index (χ1v) is 8.16. The van der Waals surface area contributed by atoms with Gasteiger partial charge < -0.3 is 10.2 Å². The maximum Gasteiger partial charge on any atom is 0.249 e. The fraction of sp³-hybridized carbons (Fsp3) is 0.875. The van der Waals surface area contributed by atoms with Crippen molar-refractivity contribution in [2.75, 3.05) is 6.54 Å². The van der Waals surface area contributed by atoms with Gasteiger partial charge in [0.25, 0.3) is 0 Å². The number of amides is 2. The summed E-state index contributed by atoms with van der Waals surface area (Å²) >= 11 is 0. The summed E-state index contributed by atoms with van der Waals surface area (Å²) in [6, 6.07) is -0.271. The molecule has 1 atom stereocenters. The molecule has 112 valence electrons. The molecular formula is C16H26N2O2. The Morgan fingerprint density at radius 1 is 1.25 bits per heavy atom. The zero-order chi connectivity index (χ0) is 14.3. The molecule has 1 heterocycles. The molecule has 4 heteroatoms. The van der Waals surface area contributed by atoms with E-state index in [-0.39, 0.29) is 23.8 Å². The Bertz CT molecular complexity index is 409. The Labute approximate surface area is 121 Å². The number of carbonyl (C=O) groups is 2. The number of hydrogen-bond acceptors (Lipinski definition) is 2. The van der Waals surface area contributed by atoms with E-state index in [1.807, 2.05) is 18.7 Å². The summed E-state index contributed by atoms with van der Waals surface area (Å²) in [5.74, 6) is 1.23. The van der Waals surface area contributed by atoms with E-state index in [0.717, 1.165) is 44.6 Å². The number of piperazine rings is 1. The average Bonchev–Trinajstić information content (AvgIpc) is 3.10. The Hall–Kier alpha value is -1.06. The molecule has 4 nitrogen and oxygen atoms in total. The van der Waals surface area contributed by atoms with Gasteiger partial charge in [-0.25, -0.2) is 0 Å². The van der Waals surface area contributed by atoms with Crippen LogP contribution in [0.3, 0.4) is 0 Å². The van der Waals surface area contributed by atoms with Crippen molar-refractivity contribution >= 4 is 11.8 Å². The molecule has 2 amide bonds. The van der Waals surface area contributed by atoms with E-state index in [9.17, 15) is 9.59 Å². The van der Waals surface area contributed by atoms with Crippen molar-refractivity contribution in [3.8, 4) is 0 Å². The maximum absolute atomic E-state index is 13.0. The van der Waals surface area contributed by atoms with E-state index in [0.29, 0.717) is 0 Å². The molecule has 0 bridgehead atoms. The second-order valence-electron chi connectivity index (χ2n) is 7.20. The fourth-order valence-corrected chi connectivity index (χ4v) is 3.85. The Kier molecular flexibility index (Phi) is 3.51. The molecule has 1 saturated heterocycles. The lowest BCUT2D eigenvalue weighted by Gasteiger charge is -2.46. The van der Waals surface area contributed by atoms with Crippen molar-refractivity contribution in [2.24, 2.45) is 11.8 Å². The van der Waals surface area contributed by atoms with Crippen LogP contribution in [0, 0.1) is 11.8 Å². The summed E-state index contributed by atoms with van der Waals surface area (Å²) in [5, 5.41) is 3.08. The molecule has 20 heavy (non-hydrogen) atoms. The van der Waals surface area contributed by atoms with Crippen molar-refractivity contribution in [3.63, 3.8) is 0 Å². The van der Waals surface area contributed by atoms with Gasteiger partial charge in [-0.3, -0.25) is 9.59 Å². The van der Waals surface area contributed by atoms with E-state index >= 15 is 0 Å². The van der Waals surface area contributed by atoms with Crippen molar-refractivity contribution in [2.45, 2.75) is 70.4 Å². The summed E-state index contributed by atoms with van der Waals surface area (Å²) in [6.07, 6.45) is 7.41. The van der Waals surface area contributed by atoms with E-state index in [4.69, 9.17) is 0 Å². The van der Waals surface area contributed by atoms with Crippen LogP contribution >= 0.6 is 0 Å². The van der Waals surface area contributed by atoms with Crippen LogP contribution in [0.4, 0.5) is 0 Å². The lowest BCUT2D eigenvalue weighted by Crippen LogP contribution is -2.70. The van der Waals surface area contributed by atoms with Crippen LogP contribution in [0.5, 0.6) is 0 Å². The molecule has 0 aromatic carbocycles. The molecule has 1 unspecified atom stereocenters. The van der Waals surface area contributed by atoms with Crippen LogP contribution in [0.1, 0.15) is 58.8 Å². The zero-order valence-electron chi connectivity index (χ0n) is 12.7. The number of nitrogens with one attached hydrogen (secondary N) is 1. The minimum atomic E-state index is -0.563. The third kappa shape index (κ3) is 2.33. The maximum atomic E-state index is 13.0. The van der Waals surface area contributed by atoms with Crippen LogP contribution < -0.4 is 5.32 Å². The van der Waals surface area contributed by atoms with Gasteiger partial charge in [0.1, 0.15) is 11.6 Å². The molecule has 3 aliphatic rings. The third-order valence-corrected chi connectivity index (χ3v) is 5.20. The predicted octanol–water partition coefficient (Wildman–Crippen LogP) is 2.08. The van der Waals surface area contributed by atoms with Gasteiger partial charge in [0.2, 0.25) is 11.8 Å². The van der Waals surface area contributed by atoms with Crippen LogP contribution in [-0.4, -0.2) is 34.8 Å². The highest BCUT2D eigenvalue weighted by Crippen LogP contribution is 2.37. The van der Waals surface area contributed by atoms with E-state index < -0.39 is 5.54 Å². The van der Waals surface area contributed by atoms with Gasteiger partial charge in [-0.2, -0.15) is 0 Å². The van der Waals surface area contributed by atoms with E-state index in [2.05, 4.69) is 5.32 Å². The molecule has 3 rings (SSSR count). The normalized spacial score (nSPS) is 29.4. The number of rotatable bonds is 4. The summed E-state index contributed by atoms with van der Waals surface area (Å²) in [5.41, 5.74) is -0.563. The largest absolute Gasteiger partial charge is 0.340 e. The van der Waals surface area contributed by atoms with Gasteiger partial charge in [0, 0.05) is 6.54 Å². The van der Waals surface area contributed by atoms with Crippen LogP contribution in [-0.2, 0) is 9.59 Å². The molecule has 1 spiro atoms. The number of carbonyl (C=O) groups excluding carboxylic acids is 2. The minimum Gasteiger partial charge on any atom is -0.340 e. The first kappa shape index (κ1) is 13.9. The van der Waals surface area contributed by atoms with Crippen molar-refractivity contribution in [1.29, 1.82) is 0 Å². The van der Waals surface area contributed by atoms with E-state index in [1.165, 1.54) is 12.8 Å². The molecule has 2 saturated carbocycles. The minimum absolute atomic E-state index is 0.0669. The summed E-state index contributed by atoms with van der Waals surface area (Å²) in [7, 11) is 0. The standard InChI is InChI=1S/C16H26N2O2/c1-11(2)13-14(19)17-16(8-3-4-9-16)15(20)18(13)10-7-12-5-6-12/h11-13H,3-10H2,1-2H3,(H,17,19). The van der Waals surface area contributed by atoms with Gasteiger partial charge in [-0.15, -0.1) is 0 Å². The molecule has 3 fully saturated rings. The Balaban J connectivity index is 1.81. The van der Waals surface area contributed by atoms with Crippen molar-refractivity contribution in [1.82, 2.24) is 10.2 Å². The lowest BCUT2D eigenvalue weighted by molar-refractivity contribution is -0.156. The summed E-state index contributed by atoms with van der Waals surface area (Å²) in [6.45, 7) is 4.84. The van der Waals surface area contributed by atoms with Gasteiger partial charge in [-0.1, -0.05) is 39.5 Å². The fourth-order valence-electron chi connectivity index (χ4n) is 3.85.